The largest absolute Gasteiger partial charge is 0.421 e. The van der Waals surface area contributed by atoms with Crippen LogP contribution in [0, 0.1) is 6.92 Å². The molecule has 0 saturated heterocycles. The first kappa shape index (κ1) is 18.7. The Hall–Kier alpha value is -4.34. The van der Waals surface area contributed by atoms with Crippen molar-refractivity contribution in [3.8, 4) is 22.7 Å². The van der Waals surface area contributed by atoms with Gasteiger partial charge in [-0.25, -0.2) is 9.89 Å². The number of aromatic nitrogens is 5. The van der Waals surface area contributed by atoms with Gasteiger partial charge in [0, 0.05) is 43.7 Å². The highest BCUT2D eigenvalue weighted by Gasteiger charge is 2.23. The van der Waals surface area contributed by atoms with E-state index in [1.54, 1.807) is 42.4 Å². The van der Waals surface area contributed by atoms with Crippen molar-refractivity contribution in [1.29, 1.82) is 0 Å². The zero-order chi connectivity index (χ0) is 21.4. The summed E-state index contributed by atoms with van der Waals surface area (Å²) >= 11 is 0. The summed E-state index contributed by atoms with van der Waals surface area (Å²) in [6, 6.07) is 10.5. The molecule has 0 bridgehead atoms. The van der Waals surface area contributed by atoms with E-state index in [-0.39, 0.29) is 17.5 Å². The Labute approximate surface area is 176 Å². The van der Waals surface area contributed by atoms with Gasteiger partial charge in [0.05, 0.1) is 5.69 Å². The molecule has 4 heterocycles. The fraction of sp³-hybridized carbons (Fsp3) is 0.143. The molecular weight excluding hydrogens is 398 g/mol. The van der Waals surface area contributed by atoms with Crippen LogP contribution in [-0.2, 0) is 13.1 Å². The van der Waals surface area contributed by atoms with Crippen molar-refractivity contribution in [2.45, 2.75) is 20.0 Å². The van der Waals surface area contributed by atoms with Gasteiger partial charge in [-0.15, -0.1) is 10.2 Å². The van der Waals surface area contributed by atoms with Gasteiger partial charge in [-0.05, 0) is 35.4 Å². The van der Waals surface area contributed by atoms with Crippen LogP contribution in [0.3, 0.4) is 0 Å². The van der Waals surface area contributed by atoms with E-state index in [0.29, 0.717) is 30.4 Å². The topological polar surface area (TPSA) is 130 Å². The summed E-state index contributed by atoms with van der Waals surface area (Å²) in [5.41, 5.74) is 3.93. The normalized spacial score (nSPS) is 12.6. The molecule has 3 aromatic heterocycles. The number of nitrogens with zero attached hydrogens (tertiary/aromatic N) is 5. The highest BCUT2D eigenvalue weighted by molar-refractivity contribution is 5.90. The van der Waals surface area contributed by atoms with Gasteiger partial charge in [-0.2, -0.15) is 5.10 Å². The number of benzene rings is 1. The molecule has 10 heteroatoms. The van der Waals surface area contributed by atoms with Crippen LogP contribution in [0.4, 0.5) is 10.5 Å². The number of amides is 2. The Balaban J connectivity index is 1.32. The molecule has 31 heavy (non-hydrogen) atoms. The molecule has 5 rings (SSSR count). The zero-order valence-corrected chi connectivity index (χ0v) is 16.5. The number of pyridine rings is 1. The quantitative estimate of drug-likeness (QED) is 0.526. The number of nitrogens with one attached hydrogen (secondary N) is 2. The van der Waals surface area contributed by atoms with Crippen molar-refractivity contribution < 1.29 is 9.21 Å². The van der Waals surface area contributed by atoms with E-state index < -0.39 is 5.56 Å². The first-order valence-electron chi connectivity index (χ1n) is 9.55. The summed E-state index contributed by atoms with van der Waals surface area (Å²) in [5.74, 6) is 0.498. The number of fused-ring (bicyclic) bond motifs is 1. The molecular formula is C21H17N7O3. The van der Waals surface area contributed by atoms with E-state index in [9.17, 15) is 9.59 Å². The number of aromatic amines is 1. The number of carbonyl (C=O) groups excluding carboxylic acids is 1. The van der Waals surface area contributed by atoms with Gasteiger partial charge in [0.2, 0.25) is 5.89 Å². The number of H-pyrrole nitrogens is 1. The van der Waals surface area contributed by atoms with Crippen LogP contribution in [-0.4, -0.2) is 36.3 Å². The lowest BCUT2D eigenvalue weighted by Gasteiger charge is -2.16. The third kappa shape index (κ3) is 3.66. The maximum atomic E-state index is 12.6. The van der Waals surface area contributed by atoms with E-state index in [2.05, 4.69) is 30.7 Å². The summed E-state index contributed by atoms with van der Waals surface area (Å²) in [6.07, 6.45) is 3.52. The molecule has 2 amide bonds. The fourth-order valence-electron chi connectivity index (χ4n) is 3.41. The van der Waals surface area contributed by atoms with E-state index in [0.717, 1.165) is 16.7 Å². The highest BCUT2D eigenvalue weighted by atomic mass is 16.4. The lowest BCUT2D eigenvalue weighted by Crippen LogP contribution is -2.30. The van der Waals surface area contributed by atoms with Crippen molar-refractivity contribution in [2.24, 2.45) is 0 Å². The van der Waals surface area contributed by atoms with Crippen molar-refractivity contribution in [2.75, 3.05) is 5.32 Å². The van der Waals surface area contributed by atoms with Gasteiger partial charge in [-0.3, -0.25) is 9.78 Å². The molecule has 0 aliphatic carbocycles. The molecule has 0 atom stereocenters. The van der Waals surface area contributed by atoms with Crippen molar-refractivity contribution in [3.63, 3.8) is 0 Å². The third-order valence-corrected chi connectivity index (χ3v) is 5.01. The summed E-state index contributed by atoms with van der Waals surface area (Å²) in [7, 11) is 0. The first-order valence-corrected chi connectivity index (χ1v) is 9.55. The van der Waals surface area contributed by atoms with Gasteiger partial charge in [0.1, 0.15) is 5.56 Å². The van der Waals surface area contributed by atoms with Gasteiger partial charge in [0.25, 0.3) is 11.4 Å². The van der Waals surface area contributed by atoms with Gasteiger partial charge in [0.15, 0.2) is 0 Å². The Kier molecular flexibility index (Phi) is 4.51. The number of carbonyl (C=O) groups is 1. The number of rotatable bonds is 3. The fourth-order valence-corrected chi connectivity index (χ4v) is 3.41. The lowest BCUT2D eigenvalue weighted by atomic mass is 10.1. The monoisotopic (exact) mass is 415 g/mol. The number of hydrogen-bond donors (Lipinski definition) is 2. The van der Waals surface area contributed by atoms with Crippen molar-refractivity contribution in [3.05, 3.63) is 76.2 Å². The number of anilines is 1. The third-order valence-electron chi connectivity index (χ3n) is 5.01. The predicted molar refractivity (Wildman–Crippen MR) is 111 cm³/mol. The van der Waals surface area contributed by atoms with Gasteiger partial charge >= 0.3 is 6.03 Å². The maximum Gasteiger partial charge on any atom is 0.322 e. The minimum atomic E-state index is -0.418. The van der Waals surface area contributed by atoms with Gasteiger partial charge in [-0.1, -0.05) is 12.1 Å². The molecule has 10 nitrogen and oxygen atoms in total. The molecule has 0 radical (unpaired) electrons. The van der Waals surface area contributed by atoms with Crippen molar-refractivity contribution in [1.82, 2.24) is 30.3 Å². The number of urea groups is 1. The molecule has 1 aliphatic rings. The predicted octanol–water partition coefficient (Wildman–Crippen LogP) is 2.74. The summed E-state index contributed by atoms with van der Waals surface area (Å²) in [4.78, 5) is 30.5. The molecule has 0 saturated carbocycles. The molecule has 154 valence electrons. The Morgan fingerprint density at radius 3 is 2.68 bits per heavy atom. The zero-order valence-electron chi connectivity index (χ0n) is 16.5. The summed E-state index contributed by atoms with van der Waals surface area (Å²) < 4.78 is 5.35. The summed E-state index contributed by atoms with van der Waals surface area (Å²) in [6.45, 7) is 2.74. The van der Waals surface area contributed by atoms with Crippen LogP contribution >= 0.6 is 0 Å². The second kappa shape index (κ2) is 7.48. The minimum Gasteiger partial charge on any atom is -0.421 e. The molecule has 0 spiro atoms. The molecule has 1 aliphatic heterocycles. The van der Waals surface area contributed by atoms with Crippen molar-refractivity contribution >= 4 is 11.7 Å². The van der Waals surface area contributed by atoms with Gasteiger partial charge < -0.3 is 14.6 Å². The van der Waals surface area contributed by atoms with E-state index in [1.807, 2.05) is 18.2 Å². The minimum absolute atomic E-state index is 0.132. The SMILES string of the molecule is Cc1nnc(-c2cc(-c3ccc(NC(=O)N4Cc5ccncc5C4)cc3)n[nH]c2=O)o1. The van der Waals surface area contributed by atoms with E-state index >= 15 is 0 Å². The Morgan fingerprint density at radius 1 is 1.13 bits per heavy atom. The van der Waals surface area contributed by atoms with Crippen LogP contribution in [0.2, 0.25) is 0 Å². The Bertz CT molecular complexity index is 1300. The Morgan fingerprint density at radius 2 is 1.94 bits per heavy atom. The second-order valence-corrected chi connectivity index (χ2v) is 7.13. The average molecular weight is 415 g/mol. The molecule has 2 N–H and O–H groups in total. The van der Waals surface area contributed by atoms with Crippen LogP contribution in [0.5, 0.6) is 0 Å². The van der Waals surface area contributed by atoms with E-state index in [1.165, 1.54) is 0 Å². The van der Waals surface area contributed by atoms with E-state index in [4.69, 9.17) is 4.42 Å². The maximum absolute atomic E-state index is 12.6. The standard InChI is InChI=1S/C21H17N7O3/c1-12-24-27-20(31-12)17-8-18(25-26-19(17)29)13-2-4-16(5-3-13)23-21(30)28-10-14-6-7-22-9-15(14)11-28/h2-9H,10-11H2,1H3,(H,23,30)(H,26,29). The van der Waals surface area contributed by atoms with Crippen LogP contribution in [0.1, 0.15) is 17.0 Å². The van der Waals surface area contributed by atoms with Crippen LogP contribution < -0.4 is 10.9 Å². The summed E-state index contributed by atoms with van der Waals surface area (Å²) in [5, 5.41) is 17.1. The first-order chi connectivity index (χ1) is 15.1. The average Bonchev–Trinajstić information content (AvgIpc) is 3.41. The number of hydrogen-bond acceptors (Lipinski definition) is 7. The molecule has 4 aromatic rings. The lowest BCUT2D eigenvalue weighted by molar-refractivity contribution is 0.212. The van der Waals surface area contributed by atoms with Crippen LogP contribution in [0.25, 0.3) is 22.7 Å². The number of aryl methyl sites for hydroxylation is 1. The molecule has 0 fully saturated rings. The molecule has 0 unspecified atom stereocenters. The second-order valence-electron chi connectivity index (χ2n) is 7.13. The molecule has 1 aromatic carbocycles. The van der Waals surface area contributed by atoms with Crippen LogP contribution in [0.15, 0.2) is 58.0 Å². The smallest absolute Gasteiger partial charge is 0.322 e. The highest BCUT2D eigenvalue weighted by Crippen LogP contribution is 2.24.